The summed E-state index contributed by atoms with van der Waals surface area (Å²) in [5.41, 5.74) is 8.07. The Kier molecular flexibility index (Phi) is 3.41. The van der Waals surface area contributed by atoms with Crippen LogP contribution in [0.15, 0.2) is 18.2 Å². The first-order valence-corrected chi connectivity index (χ1v) is 6.25. The predicted octanol–water partition coefficient (Wildman–Crippen LogP) is 3.03. The van der Waals surface area contributed by atoms with Crippen LogP contribution in [-0.2, 0) is 6.54 Å². The second-order valence-electron chi connectivity index (χ2n) is 4.79. The van der Waals surface area contributed by atoms with Crippen LogP contribution in [0.25, 0.3) is 0 Å². The average molecular weight is 239 g/mol. The maximum Gasteiger partial charge on any atom is 0.0643 e. The molecule has 16 heavy (non-hydrogen) atoms. The molecule has 0 radical (unpaired) electrons. The van der Waals surface area contributed by atoms with E-state index in [0.717, 1.165) is 28.7 Å². The minimum Gasteiger partial charge on any atom is -0.367 e. The van der Waals surface area contributed by atoms with Crippen LogP contribution in [0, 0.1) is 5.92 Å². The Morgan fingerprint density at radius 1 is 1.44 bits per heavy atom. The standard InChI is InChI=1S/C13H19ClN2/c1-9-6-10(2)16(8-9)13-11(7-15)4-3-5-12(13)14/h3-5,9-10H,6-8,15H2,1-2H3. The first kappa shape index (κ1) is 11.7. The van der Waals surface area contributed by atoms with E-state index in [1.807, 2.05) is 12.1 Å². The predicted molar refractivity (Wildman–Crippen MR) is 69.9 cm³/mol. The van der Waals surface area contributed by atoms with Gasteiger partial charge < -0.3 is 10.6 Å². The van der Waals surface area contributed by atoms with E-state index in [0.29, 0.717) is 12.6 Å². The van der Waals surface area contributed by atoms with Gasteiger partial charge in [0.25, 0.3) is 0 Å². The molecule has 0 aliphatic carbocycles. The van der Waals surface area contributed by atoms with Gasteiger partial charge in [0.15, 0.2) is 0 Å². The Morgan fingerprint density at radius 3 is 2.75 bits per heavy atom. The normalized spacial score (nSPS) is 25.1. The van der Waals surface area contributed by atoms with Crippen molar-refractivity contribution in [3.8, 4) is 0 Å². The van der Waals surface area contributed by atoms with Crippen LogP contribution in [0.5, 0.6) is 0 Å². The quantitative estimate of drug-likeness (QED) is 0.858. The Bertz CT molecular complexity index is 378. The topological polar surface area (TPSA) is 29.3 Å². The molecule has 3 heteroatoms. The van der Waals surface area contributed by atoms with Crippen molar-refractivity contribution in [2.75, 3.05) is 11.4 Å². The molecule has 2 nitrogen and oxygen atoms in total. The number of nitrogens with two attached hydrogens (primary N) is 1. The van der Waals surface area contributed by atoms with Crippen molar-refractivity contribution >= 4 is 17.3 Å². The van der Waals surface area contributed by atoms with Crippen LogP contribution in [-0.4, -0.2) is 12.6 Å². The highest BCUT2D eigenvalue weighted by atomic mass is 35.5. The van der Waals surface area contributed by atoms with Gasteiger partial charge >= 0.3 is 0 Å². The van der Waals surface area contributed by atoms with Crippen LogP contribution in [0.4, 0.5) is 5.69 Å². The van der Waals surface area contributed by atoms with E-state index in [1.54, 1.807) is 0 Å². The molecule has 88 valence electrons. The molecule has 1 saturated heterocycles. The average Bonchev–Trinajstić information content (AvgIpc) is 2.57. The summed E-state index contributed by atoms with van der Waals surface area (Å²) in [6, 6.07) is 6.54. The van der Waals surface area contributed by atoms with Gasteiger partial charge in [0.1, 0.15) is 0 Å². The van der Waals surface area contributed by atoms with E-state index >= 15 is 0 Å². The summed E-state index contributed by atoms with van der Waals surface area (Å²) in [5.74, 6) is 0.733. The van der Waals surface area contributed by atoms with Gasteiger partial charge in [-0.05, 0) is 30.9 Å². The molecule has 2 atom stereocenters. The Hall–Kier alpha value is -0.730. The molecule has 0 amide bonds. The van der Waals surface area contributed by atoms with E-state index in [-0.39, 0.29) is 0 Å². The summed E-state index contributed by atoms with van der Waals surface area (Å²) in [6.07, 6.45) is 1.23. The van der Waals surface area contributed by atoms with Crippen LogP contribution < -0.4 is 10.6 Å². The van der Waals surface area contributed by atoms with E-state index in [4.69, 9.17) is 17.3 Å². The smallest absolute Gasteiger partial charge is 0.0643 e. The zero-order valence-electron chi connectivity index (χ0n) is 9.91. The van der Waals surface area contributed by atoms with Gasteiger partial charge in [-0.25, -0.2) is 0 Å². The second kappa shape index (κ2) is 4.64. The zero-order chi connectivity index (χ0) is 11.7. The maximum absolute atomic E-state index is 6.30. The molecule has 0 saturated carbocycles. The lowest BCUT2D eigenvalue weighted by molar-refractivity contribution is 0.625. The molecule has 2 rings (SSSR count). The Morgan fingerprint density at radius 2 is 2.19 bits per heavy atom. The lowest BCUT2D eigenvalue weighted by Gasteiger charge is -2.27. The maximum atomic E-state index is 6.30. The van der Waals surface area contributed by atoms with Crippen LogP contribution in [0.1, 0.15) is 25.8 Å². The van der Waals surface area contributed by atoms with Crippen molar-refractivity contribution in [1.29, 1.82) is 0 Å². The number of hydrogen-bond acceptors (Lipinski definition) is 2. The fourth-order valence-corrected chi connectivity index (χ4v) is 2.96. The molecule has 1 aliphatic heterocycles. The third kappa shape index (κ3) is 2.04. The van der Waals surface area contributed by atoms with Gasteiger partial charge in [-0.1, -0.05) is 30.7 Å². The Labute approximate surface area is 102 Å². The third-order valence-corrected chi connectivity index (χ3v) is 3.67. The highest BCUT2D eigenvalue weighted by Crippen LogP contribution is 2.36. The zero-order valence-corrected chi connectivity index (χ0v) is 10.7. The first-order valence-electron chi connectivity index (χ1n) is 5.87. The van der Waals surface area contributed by atoms with Gasteiger partial charge in [-0.2, -0.15) is 0 Å². The number of benzene rings is 1. The third-order valence-electron chi connectivity index (χ3n) is 3.36. The minimum absolute atomic E-state index is 0.549. The van der Waals surface area contributed by atoms with Gasteiger partial charge in [0.05, 0.1) is 10.7 Å². The van der Waals surface area contributed by atoms with E-state index in [2.05, 4.69) is 24.8 Å². The fraction of sp³-hybridized carbons (Fsp3) is 0.538. The van der Waals surface area contributed by atoms with Gasteiger partial charge in [-0.15, -0.1) is 0 Å². The minimum atomic E-state index is 0.549. The molecular formula is C13H19ClN2. The van der Waals surface area contributed by atoms with Crippen molar-refractivity contribution in [2.24, 2.45) is 11.7 Å². The molecule has 2 unspecified atom stereocenters. The van der Waals surface area contributed by atoms with E-state index in [9.17, 15) is 0 Å². The number of rotatable bonds is 2. The van der Waals surface area contributed by atoms with E-state index in [1.165, 1.54) is 6.42 Å². The van der Waals surface area contributed by atoms with Crippen molar-refractivity contribution in [1.82, 2.24) is 0 Å². The summed E-state index contributed by atoms with van der Waals surface area (Å²) >= 11 is 6.30. The molecule has 0 aromatic heterocycles. The largest absolute Gasteiger partial charge is 0.367 e. The van der Waals surface area contributed by atoms with Gasteiger partial charge in [-0.3, -0.25) is 0 Å². The number of para-hydroxylation sites is 1. The Balaban J connectivity index is 2.39. The summed E-state index contributed by atoms with van der Waals surface area (Å²) < 4.78 is 0. The number of hydrogen-bond donors (Lipinski definition) is 1. The molecule has 1 fully saturated rings. The molecule has 1 aromatic rings. The second-order valence-corrected chi connectivity index (χ2v) is 5.20. The summed E-state index contributed by atoms with van der Waals surface area (Å²) in [7, 11) is 0. The monoisotopic (exact) mass is 238 g/mol. The summed E-state index contributed by atoms with van der Waals surface area (Å²) in [4.78, 5) is 2.40. The first-order chi connectivity index (χ1) is 7.63. The lowest BCUT2D eigenvalue weighted by atomic mass is 10.1. The van der Waals surface area contributed by atoms with Crippen molar-refractivity contribution in [2.45, 2.75) is 32.9 Å². The molecule has 1 aliphatic rings. The lowest BCUT2D eigenvalue weighted by Crippen LogP contribution is -2.28. The van der Waals surface area contributed by atoms with Gasteiger partial charge in [0.2, 0.25) is 0 Å². The summed E-state index contributed by atoms with van der Waals surface area (Å²) in [5, 5.41) is 0.823. The number of halogens is 1. The van der Waals surface area contributed by atoms with Crippen LogP contribution in [0.3, 0.4) is 0 Å². The van der Waals surface area contributed by atoms with Crippen molar-refractivity contribution < 1.29 is 0 Å². The molecule has 2 N–H and O–H groups in total. The molecule has 0 bridgehead atoms. The van der Waals surface area contributed by atoms with Crippen molar-refractivity contribution in [3.05, 3.63) is 28.8 Å². The summed E-state index contributed by atoms with van der Waals surface area (Å²) in [6.45, 7) is 6.17. The van der Waals surface area contributed by atoms with E-state index < -0.39 is 0 Å². The number of anilines is 1. The van der Waals surface area contributed by atoms with Crippen molar-refractivity contribution in [3.63, 3.8) is 0 Å². The molecule has 1 aromatic carbocycles. The highest BCUT2D eigenvalue weighted by Gasteiger charge is 2.28. The fourth-order valence-electron chi connectivity index (χ4n) is 2.66. The highest BCUT2D eigenvalue weighted by molar-refractivity contribution is 6.33. The number of nitrogens with zero attached hydrogens (tertiary/aromatic N) is 1. The molecule has 1 heterocycles. The molecular weight excluding hydrogens is 220 g/mol. The van der Waals surface area contributed by atoms with Crippen LogP contribution in [0.2, 0.25) is 5.02 Å². The van der Waals surface area contributed by atoms with Gasteiger partial charge in [0, 0.05) is 19.1 Å². The van der Waals surface area contributed by atoms with Crippen LogP contribution >= 0.6 is 11.6 Å². The molecule has 0 spiro atoms. The SMILES string of the molecule is CC1CC(C)N(c2c(Cl)cccc2CN)C1.